The average molecular weight is 302 g/mol. The van der Waals surface area contributed by atoms with E-state index < -0.39 is 36.1 Å². The molecule has 1 saturated heterocycles. The molecule has 6 nitrogen and oxygen atoms in total. The lowest BCUT2D eigenvalue weighted by molar-refractivity contribution is -0.124. The van der Waals surface area contributed by atoms with Crippen molar-refractivity contribution in [3.05, 3.63) is 0 Å². The zero-order valence-corrected chi connectivity index (χ0v) is 13.3. The molecule has 5 unspecified atom stereocenters. The van der Waals surface area contributed by atoms with E-state index in [2.05, 4.69) is 13.8 Å². The van der Waals surface area contributed by atoms with E-state index in [0.717, 1.165) is 19.3 Å². The molecular weight excluding hydrogens is 272 g/mol. The second-order valence-electron chi connectivity index (χ2n) is 6.54. The van der Waals surface area contributed by atoms with E-state index in [-0.39, 0.29) is 6.61 Å². The van der Waals surface area contributed by atoms with Crippen LogP contribution in [0.15, 0.2) is 0 Å². The molecule has 0 aromatic heterocycles. The largest absolute Gasteiger partial charge is 0.395 e. The zero-order chi connectivity index (χ0) is 16.2. The van der Waals surface area contributed by atoms with Gasteiger partial charge in [-0.15, -0.1) is 0 Å². The first-order valence-corrected chi connectivity index (χ1v) is 7.83. The molecule has 1 aliphatic heterocycles. The van der Waals surface area contributed by atoms with E-state index in [1.807, 2.05) is 4.90 Å². The molecule has 0 spiro atoms. The fourth-order valence-electron chi connectivity index (χ4n) is 3.17. The standard InChI is InChI=1S/C15H30N2O4/c1-9(2)6-4-5-7-17-11(8-18)13(19)14(20)12(17)10(3)15(16)21/h9-14,18-20H,4-8H2,1-3H3,(H2,16,21). The van der Waals surface area contributed by atoms with Crippen LogP contribution < -0.4 is 5.73 Å². The highest BCUT2D eigenvalue weighted by Gasteiger charge is 2.49. The van der Waals surface area contributed by atoms with Crippen LogP contribution in [0.2, 0.25) is 0 Å². The second kappa shape index (κ2) is 8.08. The number of aliphatic hydroxyl groups is 3. The zero-order valence-electron chi connectivity index (χ0n) is 13.3. The number of carbonyl (C=O) groups is 1. The molecule has 0 aromatic carbocycles. The molecule has 6 heteroatoms. The van der Waals surface area contributed by atoms with E-state index in [9.17, 15) is 20.1 Å². The summed E-state index contributed by atoms with van der Waals surface area (Å²) in [6.07, 6.45) is 0.937. The lowest BCUT2D eigenvalue weighted by Gasteiger charge is -2.32. The SMILES string of the molecule is CC(C)CCCCN1C(CO)C(O)C(O)C1C(C)C(N)=O. The van der Waals surface area contributed by atoms with Crippen LogP contribution in [0.1, 0.15) is 40.0 Å². The minimum atomic E-state index is -1.06. The third-order valence-electron chi connectivity index (χ3n) is 4.50. The molecule has 0 aromatic rings. The third-order valence-corrected chi connectivity index (χ3v) is 4.50. The summed E-state index contributed by atoms with van der Waals surface area (Å²) in [5, 5.41) is 29.7. The number of likely N-dealkylation sites (tertiary alicyclic amines) is 1. The number of unbranched alkanes of at least 4 members (excludes halogenated alkanes) is 1. The van der Waals surface area contributed by atoms with Gasteiger partial charge in [0.25, 0.3) is 0 Å². The van der Waals surface area contributed by atoms with Gasteiger partial charge in [0.2, 0.25) is 5.91 Å². The van der Waals surface area contributed by atoms with Gasteiger partial charge in [0.05, 0.1) is 30.8 Å². The lowest BCUT2D eigenvalue weighted by atomic mass is 9.95. The van der Waals surface area contributed by atoms with E-state index in [1.54, 1.807) is 6.92 Å². The van der Waals surface area contributed by atoms with Gasteiger partial charge in [0.1, 0.15) is 0 Å². The van der Waals surface area contributed by atoms with E-state index >= 15 is 0 Å². The molecule has 1 fully saturated rings. The van der Waals surface area contributed by atoms with Gasteiger partial charge in [-0.2, -0.15) is 0 Å². The van der Waals surface area contributed by atoms with Gasteiger partial charge in [-0.3, -0.25) is 9.69 Å². The summed E-state index contributed by atoms with van der Waals surface area (Å²) in [7, 11) is 0. The van der Waals surface area contributed by atoms with Crippen molar-refractivity contribution in [1.29, 1.82) is 0 Å². The Kier molecular flexibility index (Phi) is 7.06. The van der Waals surface area contributed by atoms with Crippen molar-refractivity contribution in [2.45, 2.75) is 64.3 Å². The Balaban J connectivity index is 2.74. The van der Waals surface area contributed by atoms with Gasteiger partial charge in [-0.25, -0.2) is 0 Å². The topological polar surface area (TPSA) is 107 Å². The maximum absolute atomic E-state index is 11.4. The summed E-state index contributed by atoms with van der Waals surface area (Å²) in [4.78, 5) is 13.3. The first-order chi connectivity index (χ1) is 9.81. The highest BCUT2D eigenvalue weighted by molar-refractivity contribution is 5.77. The number of primary amides is 1. The van der Waals surface area contributed by atoms with E-state index in [4.69, 9.17) is 5.73 Å². The molecule has 21 heavy (non-hydrogen) atoms. The lowest BCUT2D eigenvalue weighted by Crippen LogP contribution is -2.48. The fourth-order valence-corrected chi connectivity index (χ4v) is 3.17. The minimum Gasteiger partial charge on any atom is -0.395 e. The predicted octanol–water partition coefficient (Wildman–Crippen LogP) is -0.299. The molecule has 1 rings (SSSR count). The predicted molar refractivity (Wildman–Crippen MR) is 80.4 cm³/mol. The van der Waals surface area contributed by atoms with Gasteiger partial charge in [0, 0.05) is 6.04 Å². The number of hydrogen-bond acceptors (Lipinski definition) is 5. The summed E-state index contributed by atoms with van der Waals surface area (Å²) in [5.41, 5.74) is 5.35. The van der Waals surface area contributed by atoms with Crippen LogP contribution in [0.3, 0.4) is 0 Å². The number of hydrogen-bond donors (Lipinski definition) is 4. The molecule has 1 heterocycles. The number of amides is 1. The highest BCUT2D eigenvalue weighted by atomic mass is 16.3. The quantitative estimate of drug-likeness (QED) is 0.461. The summed E-state index contributed by atoms with van der Waals surface area (Å²) in [5.74, 6) is -0.443. The van der Waals surface area contributed by atoms with Gasteiger partial charge in [-0.1, -0.05) is 33.6 Å². The van der Waals surface area contributed by atoms with Crippen molar-refractivity contribution < 1.29 is 20.1 Å². The van der Waals surface area contributed by atoms with Crippen LogP contribution in [0, 0.1) is 11.8 Å². The highest BCUT2D eigenvalue weighted by Crippen LogP contribution is 2.30. The monoisotopic (exact) mass is 302 g/mol. The number of rotatable bonds is 8. The molecule has 5 atom stereocenters. The van der Waals surface area contributed by atoms with Gasteiger partial charge >= 0.3 is 0 Å². The number of nitrogens with two attached hydrogens (primary N) is 1. The van der Waals surface area contributed by atoms with E-state index in [1.165, 1.54) is 0 Å². The first kappa shape index (κ1) is 18.4. The Hall–Kier alpha value is -0.690. The second-order valence-corrected chi connectivity index (χ2v) is 6.54. The number of nitrogens with zero attached hydrogens (tertiary/aromatic N) is 1. The number of aliphatic hydroxyl groups excluding tert-OH is 3. The Morgan fingerprint density at radius 2 is 1.81 bits per heavy atom. The molecule has 1 amide bonds. The third kappa shape index (κ3) is 4.39. The van der Waals surface area contributed by atoms with Crippen molar-refractivity contribution in [1.82, 2.24) is 4.90 Å². The van der Waals surface area contributed by atoms with Gasteiger partial charge < -0.3 is 21.1 Å². The van der Waals surface area contributed by atoms with Crippen LogP contribution in [0.25, 0.3) is 0 Å². The van der Waals surface area contributed by atoms with Crippen LogP contribution in [-0.4, -0.2) is 63.6 Å². The van der Waals surface area contributed by atoms with Crippen molar-refractivity contribution in [3.63, 3.8) is 0 Å². The first-order valence-electron chi connectivity index (χ1n) is 7.83. The summed E-state index contributed by atoms with van der Waals surface area (Å²) >= 11 is 0. The average Bonchev–Trinajstić information content (AvgIpc) is 2.65. The molecule has 0 aliphatic carbocycles. The Labute approximate surface area is 126 Å². The maximum Gasteiger partial charge on any atom is 0.221 e. The van der Waals surface area contributed by atoms with Crippen LogP contribution in [0.5, 0.6) is 0 Å². The Morgan fingerprint density at radius 1 is 1.19 bits per heavy atom. The van der Waals surface area contributed by atoms with Gasteiger partial charge in [0.15, 0.2) is 0 Å². The van der Waals surface area contributed by atoms with Crippen LogP contribution in [0.4, 0.5) is 0 Å². The van der Waals surface area contributed by atoms with Crippen molar-refractivity contribution in [2.75, 3.05) is 13.2 Å². The van der Waals surface area contributed by atoms with Crippen LogP contribution in [-0.2, 0) is 4.79 Å². The fraction of sp³-hybridized carbons (Fsp3) is 0.933. The van der Waals surface area contributed by atoms with Crippen molar-refractivity contribution >= 4 is 5.91 Å². The Morgan fingerprint density at radius 3 is 2.29 bits per heavy atom. The van der Waals surface area contributed by atoms with Crippen LogP contribution >= 0.6 is 0 Å². The van der Waals surface area contributed by atoms with Crippen molar-refractivity contribution in [2.24, 2.45) is 17.6 Å². The number of carbonyl (C=O) groups excluding carboxylic acids is 1. The molecule has 0 saturated carbocycles. The van der Waals surface area contributed by atoms with E-state index in [0.29, 0.717) is 12.5 Å². The normalized spacial score (nSPS) is 31.8. The Bertz CT molecular complexity index is 338. The molecular formula is C15H30N2O4. The summed E-state index contributed by atoms with van der Waals surface area (Å²) in [6, 6.07) is -1.07. The summed E-state index contributed by atoms with van der Waals surface area (Å²) < 4.78 is 0. The molecule has 0 bridgehead atoms. The van der Waals surface area contributed by atoms with Gasteiger partial charge in [-0.05, 0) is 18.9 Å². The maximum atomic E-state index is 11.4. The van der Waals surface area contributed by atoms with Crippen molar-refractivity contribution in [3.8, 4) is 0 Å². The molecule has 5 N–H and O–H groups in total. The molecule has 1 aliphatic rings. The molecule has 0 radical (unpaired) electrons. The molecule has 124 valence electrons. The smallest absolute Gasteiger partial charge is 0.221 e. The minimum absolute atomic E-state index is 0.246. The summed E-state index contributed by atoms with van der Waals surface area (Å²) in [6.45, 7) is 6.37.